The first-order chi connectivity index (χ1) is 6.11. The molecule has 0 bridgehead atoms. The van der Waals surface area contributed by atoms with Gasteiger partial charge >= 0.3 is 0 Å². The summed E-state index contributed by atoms with van der Waals surface area (Å²) in [6.45, 7) is 4.04. The van der Waals surface area contributed by atoms with Crippen LogP contribution in [0.3, 0.4) is 0 Å². The van der Waals surface area contributed by atoms with Crippen molar-refractivity contribution in [3.05, 3.63) is 27.9 Å². The van der Waals surface area contributed by atoms with E-state index in [-0.39, 0.29) is 11.3 Å². The van der Waals surface area contributed by atoms with Gasteiger partial charge in [0.05, 0.1) is 0 Å². The number of aromatic nitrogens is 2. The minimum atomic E-state index is -0.271. The molecule has 13 heavy (non-hydrogen) atoms. The Kier molecular flexibility index (Phi) is 2.95. The number of rotatable bonds is 3. The molecule has 0 aliphatic heterocycles. The van der Waals surface area contributed by atoms with Gasteiger partial charge in [-0.2, -0.15) is 0 Å². The molecule has 0 aliphatic rings. The Labute approximate surface area is 76.0 Å². The number of aldehydes is 1. The van der Waals surface area contributed by atoms with Gasteiger partial charge < -0.3 is 4.98 Å². The largest absolute Gasteiger partial charge is 0.311 e. The zero-order valence-electron chi connectivity index (χ0n) is 7.70. The Balaban J connectivity index is 3.01. The molecule has 70 valence electrons. The molecule has 1 aromatic rings. The minimum absolute atomic E-state index is 0.194. The Morgan fingerprint density at radius 3 is 2.85 bits per heavy atom. The van der Waals surface area contributed by atoms with E-state index in [2.05, 4.69) is 9.97 Å². The molecular weight excluding hydrogens is 168 g/mol. The van der Waals surface area contributed by atoms with Gasteiger partial charge in [-0.15, -0.1) is 0 Å². The molecule has 0 aromatic carbocycles. The van der Waals surface area contributed by atoms with E-state index in [1.165, 1.54) is 6.07 Å². The van der Waals surface area contributed by atoms with Crippen LogP contribution in [0.4, 0.5) is 0 Å². The zero-order chi connectivity index (χ0) is 9.84. The molecule has 1 aromatic heterocycles. The van der Waals surface area contributed by atoms with Gasteiger partial charge in [0.2, 0.25) is 0 Å². The highest BCUT2D eigenvalue weighted by Crippen LogP contribution is 2.00. The van der Waals surface area contributed by atoms with Crippen molar-refractivity contribution in [1.29, 1.82) is 0 Å². The Morgan fingerprint density at radius 1 is 1.62 bits per heavy atom. The lowest BCUT2D eigenvalue weighted by Crippen LogP contribution is -2.13. The van der Waals surface area contributed by atoms with E-state index >= 15 is 0 Å². The van der Waals surface area contributed by atoms with Crippen LogP contribution in [0.5, 0.6) is 0 Å². The van der Waals surface area contributed by atoms with Crippen LogP contribution in [0.25, 0.3) is 0 Å². The zero-order valence-corrected chi connectivity index (χ0v) is 7.70. The van der Waals surface area contributed by atoms with E-state index in [0.29, 0.717) is 24.4 Å². The molecule has 4 nitrogen and oxygen atoms in total. The average molecular weight is 180 g/mol. The van der Waals surface area contributed by atoms with E-state index < -0.39 is 0 Å². The summed E-state index contributed by atoms with van der Waals surface area (Å²) in [5, 5.41) is 0. The standard InChI is InChI=1S/C9H12N2O2/c1-6(2)3-8-10-7(5-12)4-9(13)11-8/h4-6H,3H2,1-2H3,(H,10,11,13). The maximum absolute atomic E-state index is 11.0. The first kappa shape index (κ1) is 9.64. The Morgan fingerprint density at radius 2 is 2.31 bits per heavy atom. The van der Waals surface area contributed by atoms with Gasteiger partial charge in [0, 0.05) is 12.5 Å². The third-order valence-electron chi connectivity index (χ3n) is 1.53. The predicted octanol–water partition coefficient (Wildman–Crippen LogP) is 0.781. The van der Waals surface area contributed by atoms with E-state index in [1.807, 2.05) is 13.8 Å². The third-order valence-corrected chi connectivity index (χ3v) is 1.53. The number of carbonyl (C=O) groups is 1. The van der Waals surface area contributed by atoms with Gasteiger partial charge in [-0.3, -0.25) is 9.59 Å². The summed E-state index contributed by atoms with van der Waals surface area (Å²) in [7, 11) is 0. The van der Waals surface area contributed by atoms with Crippen molar-refractivity contribution in [3.63, 3.8) is 0 Å². The second-order valence-corrected chi connectivity index (χ2v) is 3.33. The van der Waals surface area contributed by atoms with Gasteiger partial charge in [0.15, 0.2) is 6.29 Å². The van der Waals surface area contributed by atoms with Crippen LogP contribution in [0.1, 0.15) is 30.2 Å². The predicted molar refractivity (Wildman–Crippen MR) is 48.8 cm³/mol. The minimum Gasteiger partial charge on any atom is -0.311 e. The topological polar surface area (TPSA) is 62.8 Å². The van der Waals surface area contributed by atoms with Crippen molar-refractivity contribution in [2.24, 2.45) is 5.92 Å². The van der Waals surface area contributed by atoms with Crippen molar-refractivity contribution in [1.82, 2.24) is 9.97 Å². The summed E-state index contributed by atoms with van der Waals surface area (Å²) in [6, 6.07) is 1.19. The van der Waals surface area contributed by atoms with Gasteiger partial charge in [-0.05, 0) is 5.92 Å². The Hall–Kier alpha value is -1.45. The molecule has 0 amide bonds. The summed E-state index contributed by atoms with van der Waals surface area (Å²) >= 11 is 0. The molecule has 0 atom stereocenters. The van der Waals surface area contributed by atoms with Crippen LogP contribution in [0.15, 0.2) is 10.9 Å². The molecule has 1 heterocycles. The Bertz CT molecular complexity index is 355. The molecule has 1 rings (SSSR count). The fourth-order valence-electron chi connectivity index (χ4n) is 1.07. The maximum Gasteiger partial charge on any atom is 0.251 e. The quantitative estimate of drug-likeness (QED) is 0.699. The van der Waals surface area contributed by atoms with E-state index in [1.54, 1.807) is 0 Å². The fraction of sp³-hybridized carbons (Fsp3) is 0.444. The second-order valence-electron chi connectivity index (χ2n) is 3.33. The van der Waals surface area contributed by atoms with Crippen molar-refractivity contribution < 1.29 is 4.79 Å². The molecule has 0 saturated carbocycles. The molecule has 0 aliphatic carbocycles. The average Bonchev–Trinajstić information content (AvgIpc) is 2.01. The van der Waals surface area contributed by atoms with E-state index in [9.17, 15) is 9.59 Å². The lowest BCUT2D eigenvalue weighted by atomic mass is 10.1. The number of aromatic amines is 1. The van der Waals surface area contributed by atoms with Crippen molar-refractivity contribution in [3.8, 4) is 0 Å². The van der Waals surface area contributed by atoms with Crippen molar-refractivity contribution >= 4 is 6.29 Å². The first-order valence-corrected chi connectivity index (χ1v) is 4.17. The van der Waals surface area contributed by atoms with Gasteiger partial charge in [0.25, 0.3) is 5.56 Å². The molecule has 1 N–H and O–H groups in total. The molecule has 0 fully saturated rings. The molecule has 0 unspecified atom stereocenters. The summed E-state index contributed by atoms with van der Waals surface area (Å²) < 4.78 is 0. The summed E-state index contributed by atoms with van der Waals surface area (Å²) in [5.41, 5.74) is -0.0767. The van der Waals surface area contributed by atoms with Crippen LogP contribution in [-0.2, 0) is 6.42 Å². The number of H-pyrrole nitrogens is 1. The van der Waals surface area contributed by atoms with Gasteiger partial charge in [-0.25, -0.2) is 4.98 Å². The third kappa shape index (κ3) is 2.82. The first-order valence-electron chi connectivity index (χ1n) is 4.17. The molecular formula is C9H12N2O2. The van der Waals surface area contributed by atoms with Crippen LogP contribution in [0, 0.1) is 5.92 Å². The summed E-state index contributed by atoms with van der Waals surface area (Å²) in [6.07, 6.45) is 1.26. The number of hydrogen-bond acceptors (Lipinski definition) is 3. The molecule has 0 radical (unpaired) electrons. The van der Waals surface area contributed by atoms with E-state index in [4.69, 9.17) is 0 Å². The lowest BCUT2D eigenvalue weighted by Gasteiger charge is -2.03. The SMILES string of the molecule is CC(C)Cc1nc(C=O)cc(=O)[nH]1. The molecule has 0 spiro atoms. The van der Waals surface area contributed by atoms with Crippen molar-refractivity contribution in [2.45, 2.75) is 20.3 Å². The highest BCUT2D eigenvalue weighted by Gasteiger charge is 2.02. The monoisotopic (exact) mass is 180 g/mol. The number of hydrogen-bond donors (Lipinski definition) is 1. The van der Waals surface area contributed by atoms with Crippen molar-refractivity contribution in [2.75, 3.05) is 0 Å². The van der Waals surface area contributed by atoms with Crippen LogP contribution >= 0.6 is 0 Å². The molecule has 4 heteroatoms. The lowest BCUT2D eigenvalue weighted by molar-refractivity contribution is 0.111. The summed E-state index contributed by atoms with van der Waals surface area (Å²) in [5.74, 6) is 0.981. The van der Waals surface area contributed by atoms with Crippen LogP contribution in [-0.4, -0.2) is 16.3 Å². The second kappa shape index (κ2) is 3.98. The molecule has 0 saturated heterocycles. The number of nitrogens with zero attached hydrogens (tertiary/aromatic N) is 1. The normalized spacial score (nSPS) is 10.4. The smallest absolute Gasteiger partial charge is 0.251 e. The van der Waals surface area contributed by atoms with Crippen LogP contribution < -0.4 is 5.56 Å². The number of nitrogens with one attached hydrogen (secondary N) is 1. The highest BCUT2D eigenvalue weighted by molar-refractivity contribution is 5.71. The summed E-state index contributed by atoms with van der Waals surface area (Å²) in [4.78, 5) is 27.9. The fourth-order valence-corrected chi connectivity index (χ4v) is 1.07. The number of carbonyl (C=O) groups excluding carboxylic acids is 1. The maximum atomic E-state index is 11.0. The highest BCUT2D eigenvalue weighted by atomic mass is 16.1. The van der Waals surface area contributed by atoms with Gasteiger partial charge in [-0.1, -0.05) is 13.8 Å². The van der Waals surface area contributed by atoms with E-state index in [0.717, 1.165) is 0 Å². The van der Waals surface area contributed by atoms with Crippen LogP contribution in [0.2, 0.25) is 0 Å². The van der Waals surface area contributed by atoms with Gasteiger partial charge in [0.1, 0.15) is 11.5 Å².